The van der Waals surface area contributed by atoms with Crippen LogP contribution in [0, 0.1) is 0 Å². The van der Waals surface area contributed by atoms with Gasteiger partial charge in [0, 0.05) is 37.0 Å². The maximum atomic E-state index is 4.73. The van der Waals surface area contributed by atoms with E-state index >= 15 is 0 Å². The fourth-order valence-corrected chi connectivity index (χ4v) is 1.31. The molecule has 1 N–H and O–H groups in total. The Balaban J connectivity index is 1.68. The van der Waals surface area contributed by atoms with Crippen molar-refractivity contribution in [2.75, 3.05) is 6.54 Å². The topological polar surface area (TPSA) is 51.0 Å². The molecule has 2 rings (SSSR count). The van der Waals surface area contributed by atoms with Crippen LogP contribution in [0.25, 0.3) is 0 Å². The lowest BCUT2D eigenvalue weighted by Gasteiger charge is -2.01. The van der Waals surface area contributed by atoms with Gasteiger partial charge in [0.2, 0.25) is 0 Å². The molecule has 2 heterocycles. The van der Waals surface area contributed by atoms with Crippen molar-refractivity contribution in [3.8, 4) is 0 Å². The van der Waals surface area contributed by atoms with Gasteiger partial charge < -0.3 is 9.84 Å². The van der Waals surface area contributed by atoms with Gasteiger partial charge >= 0.3 is 0 Å². The largest absolute Gasteiger partial charge is 0.364 e. The summed E-state index contributed by atoms with van der Waals surface area (Å²) >= 11 is 0. The van der Waals surface area contributed by atoms with Crippen LogP contribution in [0.3, 0.4) is 0 Å². The van der Waals surface area contributed by atoms with Crippen LogP contribution in [0.2, 0.25) is 0 Å². The second-order valence-corrected chi connectivity index (χ2v) is 3.28. The highest BCUT2D eigenvalue weighted by atomic mass is 16.5. The maximum Gasteiger partial charge on any atom is 0.128 e. The van der Waals surface area contributed by atoms with E-state index in [1.54, 1.807) is 12.5 Å². The fourth-order valence-electron chi connectivity index (χ4n) is 1.31. The van der Waals surface area contributed by atoms with E-state index in [-0.39, 0.29) is 0 Å². The van der Waals surface area contributed by atoms with Gasteiger partial charge in [0.05, 0.1) is 6.20 Å². The minimum Gasteiger partial charge on any atom is -0.364 e. The summed E-state index contributed by atoms with van der Waals surface area (Å²) in [6, 6.07) is 5.96. The first-order valence-electron chi connectivity index (χ1n) is 4.94. The summed E-state index contributed by atoms with van der Waals surface area (Å²) in [6.45, 7) is 1.69. The predicted molar refractivity (Wildman–Crippen MR) is 56.2 cm³/mol. The lowest BCUT2D eigenvalue weighted by Crippen LogP contribution is -2.16. The van der Waals surface area contributed by atoms with Gasteiger partial charge in [-0.05, 0) is 12.1 Å². The van der Waals surface area contributed by atoms with Crippen LogP contribution in [0.5, 0.6) is 0 Å². The average molecular weight is 203 g/mol. The molecule has 0 amide bonds. The zero-order valence-corrected chi connectivity index (χ0v) is 8.39. The molecule has 4 heteroatoms. The Hall–Kier alpha value is -1.68. The van der Waals surface area contributed by atoms with Crippen molar-refractivity contribution in [1.29, 1.82) is 0 Å². The number of hydrogen-bond acceptors (Lipinski definition) is 4. The SMILES string of the molecule is c1ccc(CCNCc2cnoc2)nc1. The molecule has 0 unspecified atom stereocenters. The molecule has 2 aromatic heterocycles. The first-order valence-corrected chi connectivity index (χ1v) is 4.94. The summed E-state index contributed by atoms with van der Waals surface area (Å²) in [5, 5.41) is 6.93. The fraction of sp³-hybridized carbons (Fsp3) is 0.273. The maximum absolute atomic E-state index is 4.73. The lowest BCUT2D eigenvalue weighted by atomic mass is 10.2. The minimum atomic E-state index is 0.788. The normalized spacial score (nSPS) is 10.4. The van der Waals surface area contributed by atoms with Crippen molar-refractivity contribution in [1.82, 2.24) is 15.5 Å². The van der Waals surface area contributed by atoms with E-state index in [0.29, 0.717) is 0 Å². The highest BCUT2D eigenvalue weighted by molar-refractivity contribution is 5.04. The Morgan fingerprint density at radius 3 is 3.07 bits per heavy atom. The number of hydrogen-bond donors (Lipinski definition) is 1. The Morgan fingerprint density at radius 2 is 2.33 bits per heavy atom. The molecular formula is C11H13N3O. The van der Waals surface area contributed by atoms with Gasteiger partial charge in [-0.2, -0.15) is 0 Å². The van der Waals surface area contributed by atoms with Crippen LogP contribution < -0.4 is 5.32 Å². The Morgan fingerprint density at radius 1 is 1.33 bits per heavy atom. The van der Waals surface area contributed by atoms with Gasteiger partial charge in [-0.15, -0.1) is 0 Å². The average Bonchev–Trinajstić information content (AvgIpc) is 2.79. The summed E-state index contributed by atoms with van der Waals surface area (Å²) in [4.78, 5) is 4.24. The highest BCUT2D eigenvalue weighted by Gasteiger charge is 1.95. The first kappa shape index (κ1) is 9.86. The Bertz CT molecular complexity index is 372. The smallest absolute Gasteiger partial charge is 0.128 e. The van der Waals surface area contributed by atoms with E-state index in [0.717, 1.165) is 30.8 Å². The Labute approximate surface area is 88.3 Å². The third kappa shape index (κ3) is 3.18. The van der Waals surface area contributed by atoms with Crippen LogP contribution >= 0.6 is 0 Å². The van der Waals surface area contributed by atoms with Crippen LogP contribution in [0.4, 0.5) is 0 Å². The van der Waals surface area contributed by atoms with Crippen molar-refractivity contribution in [3.05, 3.63) is 48.1 Å². The molecule has 0 aromatic carbocycles. The lowest BCUT2D eigenvalue weighted by molar-refractivity contribution is 0.418. The number of nitrogens with one attached hydrogen (secondary N) is 1. The van der Waals surface area contributed by atoms with E-state index in [1.807, 2.05) is 24.4 Å². The van der Waals surface area contributed by atoms with E-state index in [1.165, 1.54) is 0 Å². The zero-order valence-electron chi connectivity index (χ0n) is 8.39. The van der Waals surface area contributed by atoms with Crippen molar-refractivity contribution in [2.24, 2.45) is 0 Å². The number of rotatable bonds is 5. The molecule has 0 fully saturated rings. The summed E-state index contributed by atoms with van der Waals surface area (Å²) in [6.07, 6.45) is 6.11. The third-order valence-corrected chi connectivity index (χ3v) is 2.10. The van der Waals surface area contributed by atoms with Crippen molar-refractivity contribution < 1.29 is 4.52 Å². The van der Waals surface area contributed by atoms with Crippen molar-refractivity contribution in [2.45, 2.75) is 13.0 Å². The number of pyridine rings is 1. The molecule has 0 saturated carbocycles. The van der Waals surface area contributed by atoms with Crippen LogP contribution in [0.1, 0.15) is 11.3 Å². The molecular weight excluding hydrogens is 190 g/mol. The van der Waals surface area contributed by atoms with Gasteiger partial charge in [-0.25, -0.2) is 0 Å². The van der Waals surface area contributed by atoms with Gasteiger partial charge in [0.1, 0.15) is 6.26 Å². The van der Waals surface area contributed by atoms with E-state index in [4.69, 9.17) is 4.52 Å². The van der Waals surface area contributed by atoms with Crippen LogP contribution in [-0.2, 0) is 13.0 Å². The molecule has 4 nitrogen and oxygen atoms in total. The van der Waals surface area contributed by atoms with Crippen LogP contribution in [-0.4, -0.2) is 16.7 Å². The van der Waals surface area contributed by atoms with E-state index < -0.39 is 0 Å². The van der Waals surface area contributed by atoms with Gasteiger partial charge in [0.25, 0.3) is 0 Å². The molecule has 0 atom stereocenters. The molecule has 0 bridgehead atoms. The third-order valence-electron chi connectivity index (χ3n) is 2.10. The van der Waals surface area contributed by atoms with Gasteiger partial charge in [0.15, 0.2) is 0 Å². The number of aromatic nitrogens is 2. The molecule has 2 aromatic rings. The molecule has 0 aliphatic rings. The molecule has 0 spiro atoms. The van der Waals surface area contributed by atoms with Crippen LogP contribution in [0.15, 0.2) is 41.4 Å². The molecule has 15 heavy (non-hydrogen) atoms. The molecule has 0 aliphatic carbocycles. The van der Waals surface area contributed by atoms with Crippen molar-refractivity contribution >= 4 is 0 Å². The molecule has 0 saturated heterocycles. The Kier molecular flexibility index (Phi) is 3.46. The van der Waals surface area contributed by atoms with E-state index in [2.05, 4.69) is 15.5 Å². The zero-order chi connectivity index (χ0) is 10.3. The quantitative estimate of drug-likeness (QED) is 0.746. The standard InChI is InChI=1S/C11H13N3O/c1-2-5-13-11(3-1)4-6-12-7-10-8-14-15-9-10/h1-3,5,8-9,12H,4,6-7H2. The summed E-state index contributed by atoms with van der Waals surface area (Å²) in [7, 11) is 0. The summed E-state index contributed by atoms with van der Waals surface area (Å²) in [5.41, 5.74) is 2.17. The van der Waals surface area contributed by atoms with Crippen molar-refractivity contribution in [3.63, 3.8) is 0 Å². The second kappa shape index (κ2) is 5.26. The highest BCUT2D eigenvalue weighted by Crippen LogP contribution is 1.96. The minimum absolute atomic E-state index is 0.788. The number of nitrogens with zero attached hydrogens (tertiary/aromatic N) is 2. The molecule has 78 valence electrons. The monoisotopic (exact) mass is 203 g/mol. The van der Waals surface area contributed by atoms with Gasteiger partial charge in [-0.3, -0.25) is 4.98 Å². The molecule has 0 aliphatic heterocycles. The molecule has 0 radical (unpaired) electrons. The van der Waals surface area contributed by atoms with Gasteiger partial charge in [-0.1, -0.05) is 11.2 Å². The predicted octanol–water partition coefficient (Wildman–Crippen LogP) is 1.40. The summed E-state index contributed by atoms with van der Waals surface area (Å²) < 4.78 is 4.73. The van der Waals surface area contributed by atoms with E-state index in [9.17, 15) is 0 Å². The second-order valence-electron chi connectivity index (χ2n) is 3.28. The first-order chi connectivity index (χ1) is 7.45. The summed E-state index contributed by atoms with van der Waals surface area (Å²) in [5.74, 6) is 0.